The summed E-state index contributed by atoms with van der Waals surface area (Å²) in [5, 5.41) is 6.39. The number of benzene rings is 1. The van der Waals surface area contributed by atoms with Gasteiger partial charge in [0.15, 0.2) is 17.5 Å². The summed E-state index contributed by atoms with van der Waals surface area (Å²) in [5.41, 5.74) is 0.540. The number of nitrogens with zero attached hydrogens (tertiary/aromatic N) is 1. The Kier molecular flexibility index (Phi) is 11.9. The molecule has 0 aliphatic heterocycles. The molecule has 0 heterocycles. The lowest BCUT2D eigenvalue weighted by atomic mass is 10.2. The highest BCUT2D eigenvalue weighted by Gasteiger charge is 2.15. The maximum Gasteiger partial charge on any atom is 0.387 e. The van der Waals surface area contributed by atoms with Crippen LogP contribution in [0.25, 0.3) is 0 Å². The molecule has 0 saturated carbocycles. The third-order valence-electron chi connectivity index (χ3n) is 3.64. The molecule has 1 rings (SSSR count). The molecule has 0 radical (unpaired) electrons. The maximum atomic E-state index is 12.8. The van der Waals surface area contributed by atoms with Gasteiger partial charge in [0.2, 0.25) is 0 Å². The fraction of sp³-hybridized carbons (Fsp3) is 0.632. The molecule has 6 nitrogen and oxygen atoms in total. The van der Waals surface area contributed by atoms with Gasteiger partial charge in [0, 0.05) is 32.4 Å². The zero-order valence-corrected chi connectivity index (χ0v) is 16.4. The number of unbranched alkanes of at least 4 members (excludes halogenated alkanes) is 2. The number of nitrogens with one attached hydrogen (secondary N) is 2. The van der Waals surface area contributed by atoms with Crippen molar-refractivity contribution < 1.29 is 23.0 Å². The lowest BCUT2D eigenvalue weighted by molar-refractivity contribution is -0.0520. The van der Waals surface area contributed by atoms with E-state index in [-0.39, 0.29) is 12.3 Å². The fourth-order valence-electron chi connectivity index (χ4n) is 2.44. The first-order valence-electron chi connectivity index (χ1n) is 9.32. The van der Waals surface area contributed by atoms with Crippen LogP contribution >= 0.6 is 0 Å². The Bertz CT molecular complexity index is 557. The van der Waals surface area contributed by atoms with Crippen molar-refractivity contribution in [3.63, 3.8) is 0 Å². The van der Waals surface area contributed by atoms with E-state index in [9.17, 15) is 8.78 Å². The van der Waals surface area contributed by atoms with Crippen molar-refractivity contribution in [2.24, 2.45) is 4.99 Å². The normalized spacial score (nSPS) is 11.6. The van der Waals surface area contributed by atoms with Gasteiger partial charge in [-0.05, 0) is 39.2 Å². The number of halogens is 2. The van der Waals surface area contributed by atoms with E-state index in [2.05, 4.69) is 20.4 Å². The molecule has 0 aliphatic carbocycles. The Balaban J connectivity index is 2.75. The highest BCUT2D eigenvalue weighted by molar-refractivity contribution is 5.79. The third kappa shape index (κ3) is 9.42. The second-order valence-electron chi connectivity index (χ2n) is 5.73. The average Bonchev–Trinajstić information content (AvgIpc) is 2.64. The van der Waals surface area contributed by atoms with Gasteiger partial charge >= 0.3 is 6.61 Å². The lowest BCUT2D eigenvalue weighted by Crippen LogP contribution is -2.37. The summed E-state index contributed by atoms with van der Waals surface area (Å²) < 4.78 is 40.7. The van der Waals surface area contributed by atoms with Gasteiger partial charge in [-0.15, -0.1) is 0 Å². The average molecular weight is 387 g/mol. The van der Waals surface area contributed by atoms with Crippen LogP contribution in [-0.4, -0.2) is 46.0 Å². The number of alkyl halides is 2. The molecule has 0 amide bonds. The molecule has 0 atom stereocenters. The van der Waals surface area contributed by atoms with E-state index in [0.717, 1.165) is 32.4 Å². The quantitative estimate of drug-likeness (QED) is 0.308. The minimum Gasteiger partial charge on any atom is -0.490 e. The topological polar surface area (TPSA) is 64.1 Å². The molecule has 1 aromatic carbocycles. The van der Waals surface area contributed by atoms with Crippen molar-refractivity contribution in [1.82, 2.24) is 10.6 Å². The van der Waals surface area contributed by atoms with E-state index < -0.39 is 6.61 Å². The van der Waals surface area contributed by atoms with Crippen LogP contribution in [-0.2, 0) is 11.3 Å². The van der Waals surface area contributed by atoms with Gasteiger partial charge in [-0.3, -0.25) is 0 Å². The monoisotopic (exact) mass is 387 g/mol. The van der Waals surface area contributed by atoms with Crippen molar-refractivity contribution in [2.45, 2.75) is 46.3 Å². The second kappa shape index (κ2) is 14.0. The van der Waals surface area contributed by atoms with Crippen molar-refractivity contribution in [2.75, 3.05) is 33.4 Å². The van der Waals surface area contributed by atoms with E-state index in [1.54, 1.807) is 32.2 Å². The van der Waals surface area contributed by atoms with E-state index in [1.165, 1.54) is 0 Å². The largest absolute Gasteiger partial charge is 0.490 e. The van der Waals surface area contributed by atoms with E-state index in [4.69, 9.17) is 9.47 Å². The predicted molar refractivity (Wildman–Crippen MR) is 103 cm³/mol. The number of guanidine groups is 1. The van der Waals surface area contributed by atoms with Gasteiger partial charge in [0.1, 0.15) is 0 Å². The van der Waals surface area contributed by atoms with Crippen LogP contribution in [0.1, 0.15) is 38.7 Å². The summed E-state index contributed by atoms with van der Waals surface area (Å²) in [6.45, 7) is 3.63. The molecule has 0 fully saturated rings. The number of hydrogen-bond acceptors (Lipinski definition) is 4. The first kappa shape index (κ1) is 23.0. The second-order valence-corrected chi connectivity index (χ2v) is 5.73. The first-order chi connectivity index (χ1) is 13.1. The van der Waals surface area contributed by atoms with Crippen LogP contribution in [0.5, 0.6) is 11.5 Å². The number of ether oxygens (including phenoxy) is 3. The van der Waals surface area contributed by atoms with Gasteiger partial charge in [-0.2, -0.15) is 8.78 Å². The standard InChI is InChI=1S/C19H31F2N3O3/c1-4-22-19(23-12-7-6-8-13-25-3)24-14-15-10-9-11-16(26-5-2)17(15)27-18(20)21/h9-11,18H,4-8,12-14H2,1-3H3,(H2,22,23,24). The molecule has 27 heavy (non-hydrogen) atoms. The van der Waals surface area contributed by atoms with Crippen LogP contribution in [0.3, 0.4) is 0 Å². The van der Waals surface area contributed by atoms with E-state index in [0.29, 0.717) is 30.4 Å². The van der Waals surface area contributed by atoms with Crippen molar-refractivity contribution in [3.05, 3.63) is 23.8 Å². The summed E-state index contributed by atoms with van der Waals surface area (Å²) in [6, 6.07) is 5.06. The lowest BCUT2D eigenvalue weighted by Gasteiger charge is -2.15. The molecule has 0 spiro atoms. The summed E-state index contributed by atoms with van der Waals surface area (Å²) >= 11 is 0. The maximum absolute atomic E-state index is 12.8. The summed E-state index contributed by atoms with van der Waals surface area (Å²) in [4.78, 5) is 4.48. The van der Waals surface area contributed by atoms with Crippen molar-refractivity contribution in [3.8, 4) is 11.5 Å². The zero-order valence-electron chi connectivity index (χ0n) is 16.4. The molecule has 0 unspecified atom stereocenters. The molecule has 1 aromatic rings. The minimum atomic E-state index is -2.92. The molecule has 8 heteroatoms. The van der Waals surface area contributed by atoms with E-state index >= 15 is 0 Å². The molecular weight excluding hydrogens is 356 g/mol. The van der Waals surface area contributed by atoms with Crippen molar-refractivity contribution >= 4 is 5.96 Å². The van der Waals surface area contributed by atoms with Crippen molar-refractivity contribution in [1.29, 1.82) is 0 Å². The van der Waals surface area contributed by atoms with Crippen LogP contribution in [0.4, 0.5) is 8.78 Å². The SMILES string of the molecule is CCNC(=NCc1cccc(OCC)c1OC(F)F)NCCCCCOC. The van der Waals surface area contributed by atoms with Crippen LogP contribution in [0, 0.1) is 0 Å². The Morgan fingerprint density at radius 1 is 1.15 bits per heavy atom. The highest BCUT2D eigenvalue weighted by atomic mass is 19.3. The number of hydrogen-bond donors (Lipinski definition) is 2. The number of aliphatic imine (C=N–C) groups is 1. The molecule has 0 saturated heterocycles. The number of para-hydroxylation sites is 1. The fourth-order valence-corrected chi connectivity index (χ4v) is 2.44. The third-order valence-corrected chi connectivity index (χ3v) is 3.64. The van der Waals surface area contributed by atoms with Gasteiger partial charge in [-0.1, -0.05) is 12.1 Å². The van der Waals surface area contributed by atoms with Gasteiger partial charge in [-0.25, -0.2) is 4.99 Å². The van der Waals surface area contributed by atoms with Gasteiger partial charge < -0.3 is 24.8 Å². The first-order valence-corrected chi connectivity index (χ1v) is 9.32. The van der Waals surface area contributed by atoms with E-state index in [1.807, 2.05) is 6.92 Å². The molecule has 154 valence electrons. The Morgan fingerprint density at radius 2 is 1.96 bits per heavy atom. The molecule has 0 aliphatic rings. The smallest absolute Gasteiger partial charge is 0.387 e. The molecular formula is C19H31F2N3O3. The van der Waals surface area contributed by atoms with Crippen LogP contribution < -0.4 is 20.1 Å². The van der Waals surface area contributed by atoms with Crippen LogP contribution in [0.15, 0.2) is 23.2 Å². The molecule has 2 N–H and O–H groups in total. The minimum absolute atomic E-state index is 0.0357. The summed E-state index contributed by atoms with van der Waals surface area (Å²) in [7, 11) is 1.70. The Labute approximate surface area is 160 Å². The number of methoxy groups -OCH3 is 1. The number of rotatable bonds is 13. The molecule has 0 bridgehead atoms. The Morgan fingerprint density at radius 3 is 2.63 bits per heavy atom. The van der Waals surface area contributed by atoms with Gasteiger partial charge in [0.25, 0.3) is 0 Å². The zero-order chi connectivity index (χ0) is 19.9. The predicted octanol–water partition coefficient (Wildman–Crippen LogP) is 3.56. The van der Waals surface area contributed by atoms with Crippen LogP contribution in [0.2, 0.25) is 0 Å². The summed E-state index contributed by atoms with van der Waals surface area (Å²) in [6.07, 6.45) is 3.07. The molecule has 0 aromatic heterocycles. The summed E-state index contributed by atoms with van der Waals surface area (Å²) in [5.74, 6) is 0.962. The highest BCUT2D eigenvalue weighted by Crippen LogP contribution is 2.33. The van der Waals surface area contributed by atoms with Gasteiger partial charge in [0.05, 0.1) is 13.2 Å². The Hall–Kier alpha value is -2.09.